The topological polar surface area (TPSA) is 101 Å². The number of rotatable bonds is 9. The van der Waals surface area contributed by atoms with E-state index in [1.54, 1.807) is 11.3 Å². The van der Waals surface area contributed by atoms with Crippen LogP contribution in [-0.2, 0) is 17.6 Å². The highest BCUT2D eigenvalue weighted by atomic mass is 32.1. The number of anilines is 1. The summed E-state index contributed by atoms with van der Waals surface area (Å²) in [5.41, 5.74) is 0.806. The van der Waals surface area contributed by atoms with E-state index in [0.717, 1.165) is 59.1 Å². The fraction of sp³-hybridized carbons (Fsp3) is 0.500. The third kappa shape index (κ3) is 6.30. The Kier molecular flexibility index (Phi) is 7.19. The number of unbranched alkanes of at least 4 members (excludes halogenated alkanes) is 1. The van der Waals surface area contributed by atoms with E-state index in [0.29, 0.717) is 5.13 Å². The lowest BCUT2D eigenvalue weighted by atomic mass is 10.00. The Morgan fingerprint density at radius 1 is 1.15 bits per heavy atom. The van der Waals surface area contributed by atoms with E-state index < -0.39 is 6.10 Å². The fourth-order valence-electron chi connectivity index (χ4n) is 2.74. The van der Waals surface area contributed by atoms with Gasteiger partial charge in [0, 0.05) is 12.8 Å². The quantitative estimate of drug-likeness (QED) is 0.621. The van der Waals surface area contributed by atoms with Crippen molar-refractivity contribution in [3.05, 3.63) is 38.8 Å². The summed E-state index contributed by atoms with van der Waals surface area (Å²) in [6, 6.07) is 0. The summed E-state index contributed by atoms with van der Waals surface area (Å²) in [6.45, 7) is 1.96. The van der Waals surface area contributed by atoms with Crippen molar-refractivity contribution in [3.63, 3.8) is 0 Å². The monoisotopic (exact) mass is 405 g/mol. The fourth-order valence-corrected chi connectivity index (χ4v) is 4.29. The second-order valence-electron chi connectivity index (χ2n) is 6.37. The number of carbonyl (C=O) groups excluding carboxylic acids is 1. The molecule has 0 spiro atoms. The largest absolute Gasteiger partial charge is 0.388 e. The van der Waals surface area contributed by atoms with Gasteiger partial charge in [-0.1, -0.05) is 29.6 Å². The highest BCUT2D eigenvalue weighted by Crippen LogP contribution is 2.20. The number of aliphatic hydroxyl groups excluding tert-OH is 1. The van der Waals surface area contributed by atoms with E-state index >= 15 is 0 Å². The zero-order valence-electron chi connectivity index (χ0n) is 15.2. The molecule has 1 aliphatic rings. The van der Waals surface area contributed by atoms with Gasteiger partial charge in [0.1, 0.15) is 15.0 Å². The first kappa shape index (κ1) is 19.8. The molecule has 0 unspecified atom stereocenters. The molecule has 0 aliphatic heterocycles. The van der Waals surface area contributed by atoms with Crippen LogP contribution in [0.5, 0.6) is 0 Å². The second kappa shape index (κ2) is 9.82. The van der Waals surface area contributed by atoms with Crippen molar-refractivity contribution in [2.24, 2.45) is 0 Å². The third-order valence-corrected chi connectivity index (χ3v) is 5.90. The second-order valence-corrected chi connectivity index (χ2v) is 8.70. The van der Waals surface area contributed by atoms with Crippen LogP contribution in [0.15, 0.2) is 23.8 Å². The van der Waals surface area contributed by atoms with Gasteiger partial charge >= 0.3 is 0 Å². The van der Waals surface area contributed by atoms with E-state index in [1.807, 2.05) is 25.2 Å². The van der Waals surface area contributed by atoms with Crippen LogP contribution in [0, 0.1) is 6.92 Å². The first-order chi connectivity index (χ1) is 13.1. The van der Waals surface area contributed by atoms with Gasteiger partial charge < -0.3 is 10.4 Å². The lowest BCUT2D eigenvalue weighted by Gasteiger charge is -2.13. The molecule has 7 nitrogen and oxygen atoms in total. The van der Waals surface area contributed by atoms with Crippen molar-refractivity contribution in [3.8, 4) is 0 Å². The van der Waals surface area contributed by atoms with Gasteiger partial charge in [0.2, 0.25) is 11.0 Å². The van der Waals surface area contributed by atoms with Crippen molar-refractivity contribution in [1.82, 2.24) is 20.4 Å². The van der Waals surface area contributed by atoms with Crippen LogP contribution in [0.4, 0.5) is 5.13 Å². The van der Waals surface area contributed by atoms with Gasteiger partial charge in [0.15, 0.2) is 0 Å². The average Bonchev–Trinajstić information content (AvgIpc) is 3.28. The van der Waals surface area contributed by atoms with E-state index in [2.05, 4.69) is 25.7 Å². The first-order valence-corrected chi connectivity index (χ1v) is 10.7. The molecule has 2 aromatic rings. The van der Waals surface area contributed by atoms with Crippen LogP contribution in [0.2, 0.25) is 0 Å². The number of nitrogens with zero attached hydrogens (tertiary/aromatic N) is 4. The molecular weight excluding hydrogens is 382 g/mol. The minimum absolute atomic E-state index is 0.0202. The zero-order chi connectivity index (χ0) is 19.1. The summed E-state index contributed by atoms with van der Waals surface area (Å²) in [4.78, 5) is 12.1. The van der Waals surface area contributed by atoms with Gasteiger partial charge in [-0.2, -0.15) is 0 Å². The molecule has 1 aliphatic carbocycles. The number of allylic oxidation sites excluding steroid dienone is 2. The molecule has 2 aromatic heterocycles. The highest BCUT2D eigenvalue weighted by Gasteiger charge is 2.16. The van der Waals surface area contributed by atoms with Gasteiger partial charge in [-0.15, -0.1) is 31.7 Å². The summed E-state index contributed by atoms with van der Waals surface area (Å²) >= 11 is 3.02. The molecular formula is C18H23N5O2S2. The van der Waals surface area contributed by atoms with Crippen LogP contribution < -0.4 is 5.32 Å². The average molecular weight is 406 g/mol. The predicted molar refractivity (Wildman–Crippen MR) is 107 cm³/mol. The van der Waals surface area contributed by atoms with Crippen molar-refractivity contribution >= 4 is 33.7 Å². The summed E-state index contributed by atoms with van der Waals surface area (Å²) in [5, 5.41) is 32.6. The van der Waals surface area contributed by atoms with E-state index in [1.165, 1.54) is 11.3 Å². The lowest BCUT2D eigenvalue weighted by Crippen LogP contribution is -2.21. The number of aryl methyl sites for hydroxylation is 3. The molecule has 0 saturated heterocycles. The standard InChI is InChI=1S/C18H23N5O2S2/c1-12-20-21-16(26-12)9-5-6-10-17-22-23-18(27-17)19-15(25)11-14(24)13-7-3-2-4-8-13/h3,7-8,14,24H,2,4-6,9-11H2,1H3,(H,19,23,25)/t14-/m1/s1. The SMILES string of the molecule is Cc1nnc(CCCCc2nnc(NC(=O)C[C@@H](O)C3=CCCC=C3)s2)s1. The Morgan fingerprint density at radius 3 is 2.56 bits per heavy atom. The highest BCUT2D eigenvalue weighted by molar-refractivity contribution is 7.15. The number of amides is 1. The molecule has 0 fully saturated rings. The van der Waals surface area contributed by atoms with Crippen molar-refractivity contribution in [1.29, 1.82) is 0 Å². The Balaban J connectivity index is 1.38. The number of nitrogens with one attached hydrogen (secondary N) is 1. The number of hydrogen-bond donors (Lipinski definition) is 2. The summed E-state index contributed by atoms with van der Waals surface area (Å²) in [6.07, 6.45) is 10.8. The molecule has 144 valence electrons. The smallest absolute Gasteiger partial charge is 0.229 e. The van der Waals surface area contributed by atoms with Gasteiger partial charge in [-0.3, -0.25) is 4.79 Å². The van der Waals surface area contributed by atoms with Crippen LogP contribution in [0.25, 0.3) is 0 Å². The van der Waals surface area contributed by atoms with Gasteiger partial charge in [-0.05, 0) is 38.2 Å². The zero-order valence-corrected chi connectivity index (χ0v) is 16.9. The summed E-state index contributed by atoms with van der Waals surface area (Å²) in [7, 11) is 0. The first-order valence-electron chi connectivity index (χ1n) is 9.06. The maximum absolute atomic E-state index is 12.1. The Hall–Kier alpha value is -1.97. The maximum Gasteiger partial charge on any atom is 0.229 e. The maximum atomic E-state index is 12.1. The molecule has 27 heavy (non-hydrogen) atoms. The summed E-state index contributed by atoms with van der Waals surface area (Å²) in [5.74, 6) is -0.253. The molecule has 1 amide bonds. The molecule has 2 N–H and O–H groups in total. The molecule has 1 atom stereocenters. The van der Waals surface area contributed by atoms with Crippen LogP contribution in [0.1, 0.15) is 47.1 Å². The molecule has 9 heteroatoms. The van der Waals surface area contributed by atoms with Gasteiger partial charge in [0.25, 0.3) is 0 Å². The molecule has 0 saturated carbocycles. The van der Waals surface area contributed by atoms with Crippen molar-refractivity contribution in [2.75, 3.05) is 5.32 Å². The van der Waals surface area contributed by atoms with Crippen LogP contribution in [-0.4, -0.2) is 37.5 Å². The third-order valence-electron chi connectivity index (χ3n) is 4.10. The molecule has 0 radical (unpaired) electrons. The van der Waals surface area contributed by atoms with Gasteiger partial charge in [-0.25, -0.2) is 0 Å². The Bertz CT molecular complexity index is 827. The molecule has 3 rings (SSSR count). The molecule has 0 bridgehead atoms. The van der Waals surface area contributed by atoms with Crippen molar-refractivity contribution in [2.45, 2.75) is 58.0 Å². The number of aromatic nitrogens is 4. The predicted octanol–water partition coefficient (Wildman–Crippen LogP) is 3.23. The number of aliphatic hydroxyl groups is 1. The molecule has 0 aromatic carbocycles. The number of carbonyl (C=O) groups is 1. The minimum Gasteiger partial charge on any atom is -0.388 e. The van der Waals surface area contributed by atoms with Crippen LogP contribution in [0.3, 0.4) is 0 Å². The molecule has 2 heterocycles. The van der Waals surface area contributed by atoms with Crippen molar-refractivity contribution < 1.29 is 9.90 Å². The Morgan fingerprint density at radius 2 is 1.89 bits per heavy atom. The van der Waals surface area contributed by atoms with E-state index in [-0.39, 0.29) is 12.3 Å². The Labute approximate surface area is 166 Å². The van der Waals surface area contributed by atoms with Gasteiger partial charge in [0.05, 0.1) is 12.5 Å². The number of hydrogen-bond acceptors (Lipinski definition) is 8. The van der Waals surface area contributed by atoms with E-state index in [4.69, 9.17) is 0 Å². The minimum atomic E-state index is -0.780. The normalized spacial score (nSPS) is 14.8. The van der Waals surface area contributed by atoms with Crippen LogP contribution >= 0.6 is 22.7 Å². The summed E-state index contributed by atoms with van der Waals surface area (Å²) < 4.78 is 0. The lowest BCUT2D eigenvalue weighted by molar-refractivity contribution is -0.117. The van der Waals surface area contributed by atoms with E-state index in [9.17, 15) is 9.90 Å².